The fraction of sp³-hybridized carbons (Fsp3) is 0.529. The molecule has 23 heavy (non-hydrogen) atoms. The number of hydrogen-bond acceptors (Lipinski definition) is 5. The van der Waals surface area contributed by atoms with Crippen LogP contribution in [0.1, 0.15) is 27.2 Å². The van der Waals surface area contributed by atoms with Crippen LogP contribution < -0.4 is 10.6 Å². The maximum absolute atomic E-state index is 11.8. The third kappa shape index (κ3) is 5.25. The number of carbonyl (C=O) groups is 2. The topological polar surface area (TPSA) is 70.7 Å². The Bertz CT molecular complexity index is 570. The van der Waals surface area contributed by atoms with E-state index in [-0.39, 0.29) is 18.0 Å². The van der Waals surface area contributed by atoms with Gasteiger partial charge in [0.1, 0.15) is 11.8 Å². The molecular formula is C17H25N3O3. The predicted molar refractivity (Wildman–Crippen MR) is 88.3 cm³/mol. The summed E-state index contributed by atoms with van der Waals surface area (Å²) in [7, 11) is 1.81. The van der Waals surface area contributed by atoms with Crippen LogP contribution in [0.2, 0.25) is 0 Å². The summed E-state index contributed by atoms with van der Waals surface area (Å²) < 4.78 is 5.24. The Kier molecular flexibility index (Phi) is 5.26. The molecule has 1 amide bonds. The van der Waals surface area contributed by atoms with E-state index in [0.29, 0.717) is 19.5 Å². The first-order valence-electron chi connectivity index (χ1n) is 7.80. The average molecular weight is 319 g/mol. The Morgan fingerprint density at radius 1 is 1.43 bits per heavy atom. The Hall–Kier alpha value is -2.08. The van der Waals surface area contributed by atoms with E-state index in [0.717, 1.165) is 11.1 Å². The molecule has 0 spiro atoms. The van der Waals surface area contributed by atoms with E-state index < -0.39 is 5.60 Å². The fourth-order valence-electron chi connectivity index (χ4n) is 2.43. The Balaban J connectivity index is 2.05. The lowest BCUT2D eigenvalue weighted by Crippen LogP contribution is -2.49. The number of nitrogens with zero attached hydrogens (tertiary/aromatic N) is 1. The van der Waals surface area contributed by atoms with E-state index in [9.17, 15) is 9.59 Å². The summed E-state index contributed by atoms with van der Waals surface area (Å²) >= 11 is 0. The first kappa shape index (κ1) is 17.3. The van der Waals surface area contributed by atoms with Crippen LogP contribution in [0.15, 0.2) is 35.6 Å². The quantitative estimate of drug-likeness (QED) is 0.589. The number of dihydropyridines is 1. The van der Waals surface area contributed by atoms with Crippen LogP contribution in [-0.2, 0) is 14.3 Å². The maximum atomic E-state index is 11.8. The molecule has 0 saturated carbocycles. The number of rotatable bonds is 2. The molecule has 2 heterocycles. The Morgan fingerprint density at radius 3 is 2.87 bits per heavy atom. The number of likely N-dealkylation sites (N-methyl/N-ethyl adjacent to an activating group) is 1. The number of allylic oxidation sites excluding steroid dienone is 3. The molecule has 0 aromatic rings. The molecule has 1 saturated heterocycles. The molecule has 1 atom stereocenters. The normalized spacial score (nSPS) is 22.5. The highest BCUT2D eigenvalue weighted by Gasteiger charge is 2.23. The average Bonchev–Trinajstić information content (AvgIpc) is 2.43. The first-order chi connectivity index (χ1) is 10.7. The second kappa shape index (κ2) is 7.00. The standard InChI is InChI=1S/C17H25N3O3/c1-17(2,3)23-15(22)6-5-12-9-13-11-20(4)14(21)7-8-18-16(13)19-10-12/h5-6,9-10,16,18-19H,7-8,11H2,1-4H3/b6-5+. The van der Waals surface area contributed by atoms with Gasteiger partial charge in [0.15, 0.2) is 0 Å². The van der Waals surface area contributed by atoms with Crippen LogP contribution in [0.4, 0.5) is 0 Å². The minimum absolute atomic E-state index is 0.0178. The van der Waals surface area contributed by atoms with Gasteiger partial charge in [0.25, 0.3) is 0 Å². The van der Waals surface area contributed by atoms with Gasteiger partial charge < -0.3 is 15.0 Å². The Labute approximate surface area is 137 Å². The SMILES string of the molecule is CN1CC2=CC(/C=C/C(=O)OC(C)(C)C)=CNC2NCCC1=O. The lowest BCUT2D eigenvalue weighted by atomic mass is 10.0. The lowest BCUT2D eigenvalue weighted by Gasteiger charge is -2.31. The molecule has 2 N–H and O–H groups in total. The van der Waals surface area contributed by atoms with Crippen LogP contribution >= 0.6 is 0 Å². The van der Waals surface area contributed by atoms with Gasteiger partial charge >= 0.3 is 5.97 Å². The van der Waals surface area contributed by atoms with Gasteiger partial charge in [-0.15, -0.1) is 0 Å². The molecule has 2 aliphatic rings. The van der Waals surface area contributed by atoms with Crippen LogP contribution in [0, 0.1) is 0 Å². The van der Waals surface area contributed by atoms with Gasteiger partial charge in [-0.3, -0.25) is 10.1 Å². The third-order valence-electron chi connectivity index (χ3n) is 3.49. The third-order valence-corrected chi connectivity index (χ3v) is 3.49. The van der Waals surface area contributed by atoms with Crippen LogP contribution in [0.5, 0.6) is 0 Å². The monoisotopic (exact) mass is 319 g/mol. The minimum atomic E-state index is -0.503. The highest BCUT2D eigenvalue weighted by Crippen LogP contribution is 2.16. The van der Waals surface area contributed by atoms with Gasteiger partial charge in [-0.2, -0.15) is 0 Å². The summed E-state index contributed by atoms with van der Waals surface area (Å²) in [5, 5.41) is 6.57. The van der Waals surface area contributed by atoms with Crippen molar-refractivity contribution in [2.45, 2.75) is 39.0 Å². The number of fused-ring (bicyclic) bond motifs is 1. The minimum Gasteiger partial charge on any atom is -0.457 e. The summed E-state index contributed by atoms with van der Waals surface area (Å²) in [6.45, 7) is 6.69. The number of nitrogens with one attached hydrogen (secondary N) is 2. The highest BCUT2D eigenvalue weighted by atomic mass is 16.6. The maximum Gasteiger partial charge on any atom is 0.331 e. The number of amides is 1. The molecule has 6 nitrogen and oxygen atoms in total. The molecule has 0 aromatic heterocycles. The zero-order valence-electron chi connectivity index (χ0n) is 14.2. The lowest BCUT2D eigenvalue weighted by molar-refractivity contribution is -0.148. The van der Waals surface area contributed by atoms with Gasteiger partial charge in [0.05, 0.1) is 0 Å². The second-order valence-corrected chi connectivity index (χ2v) is 6.78. The molecule has 2 aliphatic heterocycles. The van der Waals surface area contributed by atoms with Gasteiger partial charge in [0, 0.05) is 38.8 Å². The number of hydrogen-bond donors (Lipinski definition) is 2. The van der Waals surface area contributed by atoms with Crippen LogP contribution in [0.3, 0.4) is 0 Å². The van der Waals surface area contributed by atoms with E-state index in [1.165, 1.54) is 6.08 Å². The highest BCUT2D eigenvalue weighted by molar-refractivity contribution is 5.83. The molecule has 0 bridgehead atoms. The van der Waals surface area contributed by atoms with Crippen molar-refractivity contribution in [3.05, 3.63) is 35.6 Å². The second-order valence-electron chi connectivity index (χ2n) is 6.78. The van der Waals surface area contributed by atoms with Crippen molar-refractivity contribution in [3.63, 3.8) is 0 Å². The summed E-state index contributed by atoms with van der Waals surface area (Å²) in [5.41, 5.74) is 1.42. The number of ether oxygens (including phenoxy) is 1. The summed E-state index contributed by atoms with van der Waals surface area (Å²) in [5.74, 6) is -0.251. The van der Waals surface area contributed by atoms with Gasteiger partial charge in [-0.25, -0.2) is 4.79 Å². The molecule has 1 fully saturated rings. The van der Waals surface area contributed by atoms with Gasteiger partial charge in [0.2, 0.25) is 5.91 Å². The van der Waals surface area contributed by atoms with Crippen molar-refractivity contribution < 1.29 is 14.3 Å². The van der Waals surface area contributed by atoms with E-state index in [1.54, 1.807) is 18.0 Å². The fourth-order valence-corrected chi connectivity index (χ4v) is 2.43. The zero-order chi connectivity index (χ0) is 17.0. The number of carbonyl (C=O) groups excluding carboxylic acids is 2. The van der Waals surface area contributed by atoms with Crippen molar-refractivity contribution in [3.8, 4) is 0 Å². The molecule has 0 aliphatic carbocycles. The van der Waals surface area contributed by atoms with E-state index in [4.69, 9.17) is 4.74 Å². The smallest absolute Gasteiger partial charge is 0.331 e. The molecule has 0 radical (unpaired) electrons. The Morgan fingerprint density at radius 2 is 2.17 bits per heavy atom. The van der Waals surface area contributed by atoms with Crippen molar-refractivity contribution >= 4 is 11.9 Å². The van der Waals surface area contributed by atoms with Crippen molar-refractivity contribution in [2.24, 2.45) is 0 Å². The van der Waals surface area contributed by atoms with Gasteiger partial charge in [-0.05, 0) is 44.1 Å². The van der Waals surface area contributed by atoms with Crippen molar-refractivity contribution in [1.29, 1.82) is 0 Å². The summed E-state index contributed by atoms with van der Waals surface area (Å²) in [6, 6.07) is 0. The summed E-state index contributed by atoms with van der Waals surface area (Å²) in [6.07, 6.45) is 7.49. The molecule has 1 unspecified atom stereocenters. The molecular weight excluding hydrogens is 294 g/mol. The van der Waals surface area contributed by atoms with Gasteiger partial charge in [-0.1, -0.05) is 0 Å². The summed E-state index contributed by atoms with van der Waals surface area (Å²) in [4.78, 5) is 25.3. The largest absolute Gasteiger partial charge is 0.457 e. The molecule has 6 heteroatoms. The molecule has 126 valence electrons. The predicted octanol–water partition coefficient (Wildman–Crippen LogP) is 1.08. The van der Waals surface area contributed by atoms with E-state index >= 15 is 0 Å². The van der Waals surface area contributed by atoms with E-state index in [2.05, 4.69) is 10.6 Å². The van der Waals surface area contributed by atoms with Crippen molar-refractivity contribution in [1.82, 2.24) is 15.5 Å². The number of esters is 1. The van der Waals surface area contributed by atoms with Crippen LogP contribution in [-0.4, -0.2) is 48.7 Å². The van der Waals surface area contributed by atoms with Crippen molar-refractivity contribution in [2.75, 3.05) is 20.1 Å². The van der Waals surface area contributed by atoms with Crippen LogP contribution in [0.25, 0.3) is 0 Å². The van der Waals surface area contributed by atoms with E-state index in [1.807, 2.05) is 33.0 Å². The zero-order valence-corrected chi connectivity index (χ0v) is 14.2. The molecule has 2 rings (SSSR count). The first-order valence-corrected chi connectivity index (χ1v) is 7.80. The molecule has 0 aromatic carbocycles.